The van der Waals surface area contributed by atoms with E-state index in [-0.39, 0.29) is 26.5 Å². The maximum Gasteiger partial charge on any atom is 0.343 e. The van der Waals surface area contributed by atoms with Crippen molar-refractivity contribution in [3.8, 4) is 11.5 Å². The van der Waals surface area contributed by atoms with Crippen molar-refractivity contribution in [3.63, 3.8) is 0 Å². The van der Waals surface area contributed by atoms with Crippen LogP contribution in [0, 0.1) is 0 Å². The van der Waals surface area contributed by atoms with E-state index in [4.69, 9.17) is 8.83 Å². The van der Waals surface area contributed by atoms with Crippen LogP contribution >= 0.6 is 11.3 Å². The van der Waals surface area contributed by atoms with Gasteiger partial charge in [0.05, 0.1) is 10.1 Å². The van der Waals surface area contributed by atoms with Crippen LogP contribution in [0.2, 0.25) is 0 Å². The summed E-state index contributed by atoms with van der Waals surface area (Å²) in [7, 11) is 3.79. The molecule has 0 fully saturated rings. The minimum Gasteiger partial charge on any atom is -0.454 e. The van der Waals surface area contributed by atoms with E-state index < -0.39 is 16.7 Å². The molecule has 4 aromatic heterocycles. The van der Waals surface area contributed by atoms with E-state index in [9.17, 15) is 14.4 Å². The molecule has 6 rings (SSSR count). The van der Waals surface area contributed by atoms with Crippen molar-refractivity contribution in [1.82, 2.24) is 14.6 Å². The second-order valence-electron chi connectivity index (χ2n) is 8.13. The summed E-state index contributed by atoms with van der Waals surface area (Å²) in [5.74, 6) is 0.224. The fraction of sp³-hybridized carbons (Fsp3) is 0.0800. The minimum atomic E-state index is -0.612. The predicted molar refractivity (Wildman–Crippen MR) is 134 cm³/mol. The van der Waals surface area contributed by atoms with Crippen LogP contribution in [0.1, 0.15) is 5.56 Å². The van der Waals surface area contributed by atoms with Gasteiger partial charge in [-0.3, -0.25) is 9.59 Å². The number of rotatable bonds is 3. The molecule has 0 amide bonds. The molecule has 0 N–H and O–H groups in total. The normalized spacial score (nSPS) is 12.2. The Bertz CT molecular complexity index is 1980. The molecule has 0 unspecified atom stereocenters. The zero-order valence-electron chi connectivity index (χ0n) is 18.5. The minimum absolute atomic E-state index is 0.0675. The molecule has 0 aliphatic carbocycles. The first-order valence-corrected chi connectivity index (χ1v) is 11.4. The highest BCUT2D eigenvalue weighted by atomic mass is 32.1. The predicted octanol–water partition coefficient (Wildman–Crippen LogP) is 2.64. The Balaban J connectivity index is 1.50. The summed E-state index contributed by atoms with van der Waals surface area (Å²) >= 11 is 0.966. The van der Waals surface area contributed by atoms with Crippen molar-refractivity contribution in [3.05, 3.63) is 95.8 Å². The van der Waals surface area contributed by atoms with Crippen LogP contribution in [0.5, 0.6) is 0 Å². The van der Waals surface area contributed by atoms with Crippen molar-refractivity contribution in [2.45, 2.75) is 0 Å². The lowest BCUT2D eigenvalue weighted by Crippen LogP contribution is -2.27. The molecule has 0 spiro atoms. The molecule has 9 nitrogen and oxygen atoms in total. The van der Waals surface area contributed by atoms with Crippen LogP contribution in [0.4, 0.5) is 5.69 Å². The first kappa shape index (κ1) is 21.0. The van der Waals surface area contributed by atoms with Gasteiger partial charge in [-0.25, -0.2) is 4.79 Å². The van der Waals surface area contributed by atoms with Crippen LogP contribution < -0.4 is 26.2 Å². The second kappa shape index (κ2) is 7.74. The van der Waals surface area contributed by atoms with Gasteiger partial charge in [-0.05, 0) is 36.4 Å². The van der Waals surface area contributed by atoms with Crippen LogP contribution in [-0.2, 0) is 0 Å². The van der Waals surface area contributed by atoms with E-state index in [1.807, 2.05) is 49.3 Å². The third-order valence-corrected chi connectivity index (χ3v) is 6.55. The third-order valence-electron chi connectivity index (χ3n) is 5.59. The molecule has 172 valence electrons. The van der Waals surface area contributed by atoms with Gasteiger partial charge >= 0.3 is 11.2 Å². The number of fused-ring (bicyclic) bond motifs is 3. The number of furan rings is 1. The molecule has 0 saturated heterocycles. The second-order valence-corrected chi connectivity index (χ2v) is 9.14. The Labute approximate surface area is 199 Å². The van der Waals surface area contributed by atoms with Crippen molar-refractivity contribution in [2.24, 2.45) is 0 Å². The Morgan fingerprint density at radius 1 is 0.943 bits per heavy atom. The molecular weight excluding hydrogens is 468 g/mol. The maximum absolute atomic E-state index is 13.1. The van der Waals surface area contributed by atoms with E-state index in [2.05, 4.69) is 10.1 Å². The molecule has 6 aromatic rings. The number of nitrogens with zero attached hydrogens (tertiary/aromatic N) is 4. The average Bonchev–Trinajstić information content (AvgIpc) is 3.39. The third kappa shape index (κ3) is 3.51. The molecule has 0 aliphatic rings. The molecule has 10 heteroatoms. The van der Waals surface area contributed by atoms with Crippen LogP contribution in [0.15, 0.2) is 77.8 Å². The molecular formula is C25H16N4O5S. The zero-order valence-corrected chi connectivity index (χ0v) is 19.3. The fourth-order valence-electron chi connectivity index (χ4n) is 3.80. The molecule has 2 aromatic carbocycles. The molecule has 0 saturated carbocycles. The summed E-state index contributed by atoms with van der Waals surface area (Å²) in [5.41, 5.74) is 0.379. The van der Waals surface area contributed by atoms with Gasteiger partial charge in [-0.2, -0.15) is 14.6 Å². The summed E-state index contributed by atoms with van der Waals surface area (Å²) in [6.45, 7) is 0. The molecule has 35 heavy (non-hydrogen) atoms. The van der Waals surface area contributed by atoms with Gasteiger partial charge in [0.15, 0.2) is 11.5 Å². The van der Waals surface area contributed by atoms with Crippen molar-refractivity contribution in [1.29, 1.82) is 0 Å². The molecule has 0 atom stereocenters. The average molecular weight is 484 g/mol. The van der Waals surface area contributed by atoms with Crippen LogP contribution in [0.25, 0.3) is 44.4 Å². The van der Waals surface area contributed by atoms with Crippen LogP contribution in [0.3, 0.4) is 0 Å². The van der Waals surface area contributed by atoms with Crippen molar-refractivity contribution >= 4 is 50.0 Å². The molecule has 0 aliphatic heterocycles. The Morgan fingerprint density at radius 3 is 2.54 bits per heavy atom. The highest BCUT2D eigenvalue weighted by Gasteiger charge is 2.16. The summed E-state index contributed by atoms with van der Waals surface area (Å²) in [5, 5.41) is 5.74. The Hall–Kier alpha value is -4.57. The van der Waals surface area contributed by atoms with E-state index in [0.29, 0.717) is 16.6 Å². The first-order valence-electron chi connectivity index (χ1n) is 10.6. The molecule has 0 radical (unpaired) electrons. The van der Waals surface area contributed by atoms with Gasteiger partial charge in [-0.15, -0.1) is 0 Å². The number of benzene rings is 2. The number of thiazole rings is 1. The largest absolute Gasteiger partial charge is 0.454 e. The summed E-state index contributed by atoms with van der Waals surface area (Å²) in [6.07, 6.45) is 1.43. The summed E-state index contributed by atoms with van der Waals surface area (Å²) < 4.78 is 12.5. The van der Waals surface area contributed by atoms with E-state index in [1.165, 1.54) is 6.08 Å². The van der Waals surface area contributed by atoms with Gasteiger partial charge in [-0.1, -0.05) is 29.5 Å². The highest BCUT2D eigenvalue weighted by Crippen LogP contribution is 2.24. The lowest BCUT2D eigenvalue weighted by Gasteiger charge is -2.12. The lowest BCUT2D eigenvalue weighted by molar-refractivity contribution is 0.559. The first-order chi connectivity index (χ1) is 16.9. The molecule has 0 bridgehead atoms. The molecule has 4 heterocycles. The smallest absolute Gasteiger partial charge is 0.343 e. The van der Waals surface area contributed by atoms with Crippen LogP contribution in [-0.4, -0.2) is 28.7 Å². The van der Waals surface area contributed by atoms with Gasteiger partial charge in [0.25, 0.3) is 5.56 Å². The van der Waals surface area contributed by atoms with Gasteiger partial charge in [0.2, 0.25) is 4.96 Å². The SMILES string of the molecule is CN(C)c1ccc2cc(/C=c3\sc4nc(=O)c(-c5cc6ccccc6o5)nn4c3=O)c(=O)oc2c1. The van der Waals surface area contributed by atoms with Gasteiger partial charge < -0.3 is 13.7 Å². The van der Waals surface area contributed by atoms with Crippen molar-refractivity contribution in [2.75, 3.05) is 19.0 Å². The number of hydrogen-bond donors (Lipinski definition) is 0. The topological polar surface area (TPSA) is 111 Å². The number of hydrogen-bond acceptors (Lipinski definition) is 9. The van der Waals surface area contributed by atoms with E-state index in [1.54, 1.807) is 24.3 Å². The standard InChI is InChI=1S/C25H16N4O5S/c1-28(2)16-8-7-14-9-15(24(32)34-18(14)12-16)11-20-23(31)29-25(35-20)26-22(30)21(27-29)19-10-13-5-3-4-6-17(13)33-19/h3-12H,1-2H3/b20-11-. The number of anilines is 1. The monoisotopic (exact) mass is 484 g/mol. The summed E-state index contributed by atoms with van der Waals surface area (Å²) in [4.78, 5) is 44.4. The number of aromatic nitrogens is 3. The van der Waals surface area contributed by atoms with Gasteiger partial charge in [0, 0.05) is 36.6 Å². The maximum atomic E-state index is 13.1. The van der Waals surface area contributed by atoms with E-state index in [0.717, 1.165) is 26.9 Å². The number of para-hydroxylation sites is 1. The summed E-state index contributed by atoms with van der Waals surface area (Å²) in [6, 6.07) is 16.2. The zero-order chi connectivity index (χ0) is 24.3. The Morgan fingerprint density at radius 2 is 1.74 bits per heavy atom. The van der Waals surface area contributed by atoms with Gasteiger partial charge in [0.1, 0.15) is 11.2 Å². The quantitative estimate of drug-likeness (QED) is 0.353. The Kier molecular flexibility index (Phi) is 4.64. The highest BCUT2D eigenvalue weighted by molar-refractivity contribution is 7.15. The fourth-order valence-corrected chi connectivity index (χ4v) is 4.69. The lowest BCUT2D eigenvalue weighted by atomic mass is 10.1. The van der Waals surface area contributed by atoms with Crippen molar-refractivity contribution < 1.29 is 8.83 Å². The van der Waals surface area contributed by atoms with E-state index >= 15 is 0 Å².